The Morgan fingerprint density at radius 1 is 0.246 bits per heavy atom. The lowest BCUT2D eigenvalue weighted by molar-refractivity contribution is 1.19. The Labute approximate surface area is 365 Å². The number of benzene rings is 8. The van der Waals surface area contributed by atoms with Gasteiger partial charge in [-0.25, -0.2) is 0 Å². The van der Waals surface area contributed by atoms with Gasteiger partial charge >= 0.3 is 0 Å². The van der Waals surface area contributed by atoms with E-state index in [2.05, 4.69) is 227 Å². The highest BCUT2D eigenvalue weighted by molar-refractivity contribution is 6.10. The summed E-state index contributed by atoms with van der Waals surface area (Å²) in [5, 5.41) is 2.42. The van der Waals surface area contributed by atoms with Crippen molar-refractivity contribution in [1.82, 2.24) is 0 Å². The quantitative estimate of drug-likeness (QED) is 0.151. The topological polar surface area (TPSA) is 6.48 Å². The lowest BCUT2D eigenvalue weighted by atomic mass is 9.90. The Bertz CT molecular complexity index is 2830. The van der Waals surface area contributed by atoms with Gasteiger partial charge in [-0.1, -0.05) is 65.7 Å². The molecule has 0 aromatic heterocycles. The molecule has 0 unspecified atom stereocenters. The molecule has 0 saturated carbocycles. The van der Waals surface area contributed by atoms with Crippen LogP contribution in [-0.2, 0) is 0 Å². The molecule has 2 heteroatoms. The van der Waals surface area contributed by atoms with E-state index in [-0.39, 0.29) is 0 Å². The van der Waals surface area contributed by atoms with Crippen LogP contribution in [0.15, 0.2) is 127 Å². The highest BCUT2D eigenvalue weighted by Gasteiger charge is 2.23. The van der Waals surface area contributed by atoms with Gasteiger partial charge in [-0.15, -0.1) is 0 Å². The molecule has 0 radical (unpaired) electrons. The summed E-state index contributed by atoms with van der Waals surface area (Å²) >= 11 is 0. The lowest BCUT2D eigenvalue weighted by Gasteiger charge is -2.31. The van der Waals surface area contributed by atoms with Gasteiger partial charge in [0.05, 0.1) is 0 Å². The van der Waals surface area contributed by atoms with E-state index < -0.39 is 0 Å². The largest absolute Gasteiger partial charge is 0.310 e. The van der Waals surface area contributed by atoms with Crippen LogP contribution in [0, 0.1) is 90.0 Å². The van der Waals surface area contributed by atoms with Crippen LogP contribution in [0.5, 0.6) is 0 Å². The van der Waals surface area contributed by atoms with Crippen molar-refractivity contribution in [2.75, 3.05) is 9.80 Å². The Hall–Kier alpha value is -6.38. The van der Waals surface area contributed by atoms with E-state index in [0.717, 1.165) is 34.1 Å². The van der Waals surface area contributed by atoms with Crippen molar-refractivity contribution >= 4 is 44.9 Å². The van der Waals surface area contributed by atoms with Crippen molar-refractivity contribution in [3.8, 4) is 22.3 Å². The lowest BCUT2D eigenvalue weighted by Crippen LogP contribution is -2.13. The smallest absolute Gasteiger partial charge is 0.0474 e. The fourth-order valence-corrected chi connectivity index (χ4v) is 9.03. The van der Waals surface area contributed by atoms with E-state index in [1.807, 2.05) is 0 Å². The van der Waals surface area contributed by atoms with Gasteiger partial charge < -0.3 is 9.80 Å². The van der Waals surface area contributed by atoms with E-state index in [9.17, 15) is 0 Å². The minimum atomic E-state index is 1.13. The Balaban J connectivity index is 1.52. The first kappa shape index (κ1) is 41.4. The van der Waals surface area contributed by atoms with Crippen LogP contribution in [0.1, 0.15) is 72.3 Å². The Kier molecular flexibility index (Phi) is 11.0. The van der Waals surface area contributed by atoms with Gasteiger partial charge in [0.25, 0.3) is 0 Å². The fraction of sp³-hybridized carbons (Fsp3) is 0.220. The van der Waals surface area contributed by atoms with Crippen LogP contribution >= 0.6 is 0 Å². The molecule has 8 rings (SSSR count). The summed E-state index contributed by atoms with van der Waals surface area (Å²) in [5.74, 6) is 0. The molecule has 0 bridgehead atoms. The molecule has 61 heavy (non-hydrogen) atoms. The molecule has 8 aromatic rings. The van der Waals surface area contributed by atoms with E-state index in [1.165, 1.54) is 105 Å². The molecule has 8 aromatic carbocycles. The summed E-state index contributed by atoms with van der Waals surface area (Å²) in [5.41, 5.74) is 28.4. The molecule has 0 aliphatic carbocycles. The van der Waals surface area contributed by atoms with Gasteiger partial charge in [0.1, 0.15) is 0 Å². The summed E-state index contributed by atoms with van der Waals surface area (Å²) in [4.78, 5) is 4.97. The zero-order chi connectivity index (χ0) is 43.4. The van der Waals surface area contributed by atoms with Gasteiger partial charge in [0, 0.05) is 34.1 Å². The van der Waals surface area contributed by atoms with Gasteiger partial charge in [0.2, 0.25) is 0 Å². The number of nitrogens with zero attached hydrogens (tertiary/aromatic N) is 2. The average Bonchev–Trinajstić information content (AvgIpc) is 3.21. The van der Waals surface area contributed by atoms with E-state index >= 15 is 0 Å². The molecule has 306 valence electrons. The summed E-state index contributed by atoms with van der Waals surface area (Å²) < 4.78 is 0. The van der Waals surface area contributed by atoms with Crippen molar-refractivity contribution in [1.29, 1.82) is 0 Å². The maximum Gasteiger partial charge on any atom is 0.0474 e. The van der Waals surface area contributed by atoms with Crippen molar-refractivity contribution < 1.29 is 0 Å². The SMILES string of the molecule is Cc1ccc(-c2cc(N(c3cc(C)c(C)c(C)c3)c3cc(C)c(C)c(C)c3)cc3c(-c4ccc(C)cc4)cc(N(c4cc(C)cc(C)c4)c4cc(C)c(C)c(C)c4)cc23)cc1. The molecule has 0 N–H and O–H groups in total. The van der Waals surface area contributed by atoms with Crippen LogP contribution in [0.2, 0.25) is 0 Å². The average molecular weight is 797 g/mol. The molecular weight excluding hydrogens is 737 g/mol. The second-order valence-corrected chi connectivity index (χ2v) is 17.9. The monoisotopic (exact) mass is 796 g/mol. The van der Waals surface area contributed by atoms with Crippen LogP contribution in [0.3, 0.4) is 0 Å². The third-order valence-electron chi connectivity index (χ3n) is 13.3. The predicted molar refractivity (Wildman–Crippen MR) is 266 cm³/mol. The molecule has 0 aliphatic rings. The van der Waals surface area contributed by atoms with E-state index in [4.69, 9.17) is 0 Å². The second kappa shape index (κ2) is 16.2. The van der Waals surface area contributed by atoms with Crippen molar-refractivity contribution in [2.24, 2.45) is 0 Å². The predicted octanol–water partition coefficient (Wildman–Crippen LogP) is 17.1. The number of hydrogen-bond donors (Lipinski definition) is 0. The first-order chi connectivity index (χ1) is 29.1. The maximum absolute atomic E-state index is 2.49. The number of aryl methyl sites for hydroxylation is 10. The zero-order valence-corrected chi connectivity index (χ0v) is 38.5. The van der Waals surface area contributed by atoms with Crippen molar-refractivity contribution in [3.63, 3.8) is 0 Å². The summed E-state index contributed by atoms with van der Waals surface area (Å²) in [6.07, 6.45) is 0. The van der Waals surface area contributed by atoms with Crippen LogP contribution in [-0.4, -0.2) is 0 Å². The number of hydrogen-bond acceptors (Lipinski definition) is 2. The molecule has 0 spiro atoms. The molecular formula is C59H60N2. The van der Waals surface area contributed by atoms with Gasteiger partial charge in [-0.3, -0.25) is 0 Å². The summed E-state index contributed by atoms with van der Waals surface area (Å²) in [7, 11) is 0. The van der Waals surface area contributed by atoms with Gasteiger partial charge in [0.15, 0.2) is 0 Å². The summed E-state index contributed by atoms with van der Waals surface area (Å²) in [6.45, 7) is 28.9. The second-order valence-electron chi connectivity index (χ2n) is 17.9. The number of fused-ring (bicyclic) bond motifs is 1. The number of anilines is 6. The highest BCUT2D eigenvalue weighted by Crippen LogP contribution is 2.48. The van der Waals surface area contributed by atoms with Crippen molar-refractivity contribution in [2.45, 2.75) is 90.0 Å². The highest BCUT2D eigenvalue weighted by atomic mass is 15.1. The van der Waals surface area contributed by atoms with Crippen LogP contribution in [0.25, 0.3) is 33.0 Å². The number of rotatable bonds is 8. The first-order valence-corrected chi connectivity index (χ1v) is 21.7. The molecule has 0 atom stereocenters. The maximum atomic E-state index is 2.49. The zero-order valence-electron chi connectivity index (χ0n) is 38.5. The standard InChI is InChI=1S/C59H60N2/c1-35-14-18-48(19-15-35)56-31-54(60(50-23-37(3)22-38(4)24-50)51-25-39(5)45(11)40(6)26-51)33-58-57(49-20-16-36(2)17-21-49)32-55(34-59(56)58)61(52-27-41(7)46(12)42(8)28-52)53-29-43(9)47(13)44(10)30-53/h14-34H,1-13H3. The van der Waals surface area contributed by atoms with Crippen LogP contribution < -0.4 is 9.80 Å². The van der Waals surface area contributed by atoms with Crippen LogP contribution in [0.4, 0.5) is 34.1 Å². The third kappa shape index (κ3) is 8.00. The van der Waals surface area contributed by atoms with Crippen molar-refractivity contribution in [3.05, 3.63) is 200 Å². The molecule has 2 nitrogen and oxygen atoms in total. The summed E-state index contributed by atoms with van der Waals surface area (Å²) in [6, 6.07) is 49.0. The van der Waals surface area contributed by atoms with E-state index in [1.54, 1.807) is 0 Å². The van der Waals surface area contributed by atoms with Gasteiger partial charge in [-0.05, 0) is 257 Å². The minimum Gasteiger partial charge on any atom is -0.310 e. The molecule has 0 amide bonds. The third-order valence-corrected chi connectivity index (χ3v) is 13.3. The Morgan fingerprint density at radius 2 is 0.508 bits per heavy atom. The fourth-order valence-electron chi connectivity index (χ4n) is 9.03. The molecule has 0 heterocycles. The van der Waals surface area contributed by atoms with Gasteiger partial charge in [-0.2, -0.15) is 0 Å². The molecule has 0 aliphatic heterocycles. The normalized spacial score (nSPS) is 11.4. The Morgan fingerprint density at radius 3 is 0.803 bits per heavy atom. The minimum absolute atomic E-state index is 1.13. The molecule has 0 fully saturated rings. The first-order valence-electron chi connectivity index (χ1n) is 21.7. The molecule has 0 saturated heterocycles. The van der Waals surface area contributed by atoms with E-state index in [0.29, 0.717) is 0 Å².